The number of amides is 1. The molecule has 8 heteroatoms. The molecular weight excluding hydrogens is 561 g/mol. The van der Waals surface area contributed by atoms with Gasteiger partial charge in [-0.15, -0.1) is 0 Å². The Balaban J connectivity index is 1.20. The van der Waals surface area contributed by atoms with Crippen LogP contribution in [0.15, 0.2) is 85.1 Å². The summed E-state index contributed by atoms with van der Waals surface area (Å²) in [5.41, 5.74) is 5.74. The Bertz CT molecular complexity index is 1850. The van der Waals surface area contributed by atoms with Gasteiger partial charge in [0, 0.05) is 79.7 Å². The van der Waals surface area contributed by atoms with E-state index in [9.17, 15) is 18.0 Å². The number of para-hydroxylation sites is 2. The van der Waals surface area contributed by atoms with Crippen molar-refractivity contribution >= 4 is 27.8 Å². The number of alkyl halides is 3. The van der Waals surface area contributed by atoms with Crippen molar-refractivity contribution in [3.8, 4) is 11.1 Å². The van der Waals surface area contributed by atoms with Gasteiger partial charge in [0.15, 0.2) is 0 Å². The van der Waals surface area contributed by atoms with Crippen LogP contribution in [0.5, 0.6) is 0 Å². The van der Waals surface area contributed by atoms with Crippen LogP contribution in [0.2, 0.25) is 0 Å². The third kappa shape index (κ3) is 5.77. The number of halogens is 3. The molecule has 0 radical (unpaired) electrons. The molecule has 3 aromatic carbocycles. The van der Waals surface area contributed by atoms with Crippen molar-refractivity contribution < 1.29 is 18.0 Å². The van der Waals surface area contributed by atoms with Gasteiger partial charge in [0.1, 0.15) is 12.0 Å². The molecule has 0 spiro atoms. The van der Waals surface area contributed by atoms with Crippen LogP contribution in [0.3, 0.4) is 0 Å². The van der Waals surface area contributed by atoms with Gasteiger partial charge in [-0.25, -0.2) is 18.2 Å². The summed E-state index contributed by atoms with van der Waals surface area (Å²) in [6, 6.07) is 20.1. The molecule has 1 aliphatic heterocycles. The van der Waals surface area contributed by atoms with Crippen molar-refractivity contribution in [2.45, 2.75) is 57.7 Å². The fourth-order valence-electron chi connectivity index (χ4n) is 6.49. The zero-order valence-corrected chi connectivity index (χ0v) is 25.4. The number of benzene rings is 3. The number of piperidine rings is 1. The van der Waals surface area contributed by atoms with Crippen molar-refractivity contribution in [2.24, 2.45) is 7.05 Å². The molecule has 1 amide bonds. The highest BCUT2D eigenvalue weighted by molar-refractivity contribution is 6.02. The van der Waals surface area contributed by atoms with Crippen molar-refractivity contribution in [3.63, 3.8) is 0 Å². The van der Waals surface area contributed by atoms with E-state index in [-0.39, 0.29) is 17.4 Å². The van der Waals surface area contributed by atoms with E-state index in [1.165, 1.54) is 12.1 Å². The van der Waals surface area contributed by atoms with Crippen molar-refractivity contribution in [1.82, 2.24) is 19.0 Å². The Morgan fingerprint density at radius 2 is 1.80 bits per heavy atom. The number of rotatable bonds is 8. The monoisotopic (exact) mass is 598 g/mol. The summed E-state index contributed by atoms with van der Waals surface area (Å²) in [4.78, 5) is 20.5. The molecule has 1 unspecified atom stereocenters. The van der Waals surface area contributed by atoms with E-state index in [1.807, 2.05) is 71.2 Å². The number of fused-ring (bicyclic) bond motifs is 2. The van der Waals surface area contributed by atoms with Gasteiger partial charge in [0.25, 0.3) is 11.8 Å². The lowest BCUT2D eigenvalue weighted by Crippen LogP contribution is -2.38. The molecule has 1 atom stereocenters. The molecule has 0 bridgehead atoms. The number of carbonyl (C=O) groups is 1. The molecule has 5 aromatic rings. The number of aryl methyl sites for hydroxylation is 1. The number of nitrogens with zero attached hydrogens (tertiary/aromatic N) is 4. The second-order valence-electron chi connectivity index (χ2n) is 12.2. The standard InChI is InChI=1S/C36H37F3N4O/c1-23(18-24(2)37)21-43-32-11-6-5-10-31(32)40-34(43)25-14-16-42(17-15-25)35(44)27-12-13-29-30(22-41(4)33(29)20-27)26-8-7-9-28(19-26)36(3,38)39/h5-13,19-20,22,24-25H,1,14-18,21H2,2-4H3. The fourth-order valence-corrected chi connectivity index (χ4v) is 6.49. The van der Waals surface area contributed by atoms with Gasteiger partial charge in [-0.3, -0.25) is 4.79 Å². The van der Waals surface area contributed by atoms with Crippen LogP contribution in [0.4, 0.5) is 13.2 Å². The van der Waals surface area contributed by atoms with E-state index in [0.29, 0.717) is 37.2 Å². The maximum absolute atomic E-state index is 14.0. The number of aromatic nitrogens is 3. The van der Waals surface area contributed by atoms with Gasteiger partial charge >= 0.3 is 0 Å². The average molecular weight is 599 g/mol. The summed E-state index contributed by atoms with van der Waals surface area (Å²) in [5.74, 6) is -1.82. The Kier molecular flexibility index (Phi) is 7.86. The van der Waals surface area contributed by atoms with Crippen LogP contribution in [0.1, 0.15) is 60.8 Å². The summed E-state index contributed by atoms with van der Waals surface area (Å²) in [6.45, 7) is 8.29. The summed E-state index contributed by atoms with van der Waals surface area (Å²) in [7, 11) is 1.90. The van der Waals surface area contributed by atoms with Gasteiger partial charge in [0.05, 0.1) is 11.0 Å². The normalized spacial score (nSPS) is 15.3. The minimum absolute atomic E-state index is 0.0282. The zero-order chi connectivity index (χ0) is 31.2. The van der Waals surface area contributed by atoms with E-state index < -0.39 is 12.1 Å². The number of imidazole rings is 1. The van der Waals surface area contributed by atoms with Gasteiger partial charge in [-0.2, -0.15) is 0 Å². The van der Waals surface area contributed by atoms with Crippen LogP contribution >= 0.6 is 0 Å². The molecule has 2 aromatic heterocycles. The first-order valence-corrected chi connectivity index (χ1v) is 15.1. The van der Waals surface area contributed by atoms with E-state index in [1.54, 1.807) is 13.0 Å². The van der Waals surface area contributed by atoms with Gasteiger partial charge < -0.3 is 14.0 Å². The molecule has 1 saturated heterocycles. The summed E-state index contributed by atoms with van der Waals surface area (Å²) in [6.07, 6.45) is 2.84. The first kappa shape index (κ1) is 29.7. The molecular formula is C36H37F3N4O. The highest BCUT2D eigenvalue weighted by Gasteiger charge is 2.29. The van der Waals surface area contributed by atoms with E-state index in [2.05, 4.69) is 11.1 Å². The Hall–Kier alpha value is -4.33. The molecule has 1 aliphatic rings. The largest absolute Gasteiger partial charge is 0.350 e. The second kappa shape index (κ2) is 11.6. The van der Waals surface area contributed by atoms with Crippen LogP contribution < -0.4 is 0 Å². The molecule has 5 nitrogen and oxygen atoms in total. The van der Waals surface area contributed by atoms with Crippen LogP contribution in [0.25, 0.3) is 33.1 Å². The van der Waals surface area contributed by atoms with Crippen molar-refractivity contribution in [1.29, 1.82) is 0 Å². The quantitative estimate of drug-likeness (QED) is 0.168. The van der Waals surface area contributed by atoms with E-state index >= 15 is 0 Å². The molecule has 0 saturated carbocycles. The first-order chi connectivity index (χ1) is 21.0. The number of carbonyl (C=O) groups excluding carboxylic acids is 1. The second-order valence-corrected chi connectivity index (χ2v) is 12.2. The maximum atomic E-state index is 14.0. The summed E-state index contributed by atoms with van der Waals surface area (Å²) in [5, 5.41) is 0.905. The third-order valence-corrected chi connectivity index (χ3v) is 8.70. The van der Waals surface area contributed by atoms with Gasteiger partial charge in [-0.1, -0.05) is 48.6 Å². The van der Waals surface area contributed by atoms with Crippen molar-refractivity contribution in [2.75, 3.05) is 13.1 Å². The zero-order valence-electron chi connectivity index (χ0n) is 25.4. The fraction of sp³-hybridized carbons (Fsp3) is 0.333. The minimum Gasteiger partial charge on any atom is -0.350 e. The average Bonchev–Trinajstić information content (AvgIpc) is 3.53. The van der Waals surface area contributed by atoms with E-state index in [4.69, 9.17) is 4.98 Å². The first-order valence-electron chi connectivity index (χ1n) is 15.1. The molecule has 6 rings (SSSR count). The number of likely N-dealkylation sites (tertiary alicyclic amines) is 1. The predicted molar refractivity (Wildman–Crippen MR) is 170 cm³/mol. The molecule has 228 valence electrons. The summed E-state index contributed by atoms with van der Waals surface area (Å²) < 4.78 is 45.8. The number of allylic oxidation sites excluding steroid dienone is 1. The van der Waals surface area contributed by atoms with Gasteiger partial charge in [0.2, 0.25) is 0 Å². The SMILES string of the molecule is C=C(CC(C)F)Cn1c(C2CCN(C(=O)c3ccc4c(-c5cccc(C(C)(F)F)c5)cn(C)c4c3)CC2)nc2ccccc21. The van der Waals surface area contributed by atoms with Crippen LogP contribution in [0, 0.1) is 0 Å². The topological polar surface area (TPSA) is 43.1 Å². The lowest BCUT2D eigenvalue weighted by Gasteiger charge is -2.32. The number of hydrogen-bond donors (Lipinski definition) is 0. The molecule has 3 heterocycles. The maximum Gasteiger partial charge on any atom is 0.270 e. The smallest absolute Gasteiger partial charge is 0.270 e. The molecule has 44 heavy (non-hydrogen) atoms. The molecule has 1 fully saturated rings. The van der Waals surface area contributed by atoms with Gasteiger partial charge in [-0.05, 0) is 55.7 Å². The Morgan fingerprint density at radius 3 is 2.52 bits per heavy atom. The molecule has 0 aliphatic carbocycles. The number of hydrogen-bond acceptors (Lipinski definition) is 2. The van der Waals surface area contributed by atoms with E-state index in [0.717, 1.165) is 58.7 Å². The predicted octanol–water partition coefficient (Wildman–Crippen LogP) is 8.63. The van der Waals surface area contributed by atoms with Crippen molar-refractivity contribution in [3.05, 3.63) is 102 Å². The highest BCUT2D eigenvalue weighted by atomic mass is 19.3. The lowest BCUT2D eigenvalue weighted by atomic mass is 9.95. The van der Waals surface area contributed by atoms with Crippen LogP contribution in [-0.4, -0.2) is 44.2 Å². The third-order valence-electron chi connectivity index (χ3n) is 8.70. The minimum atomic E-state index is -2.93. The Labute approximate surface area is 255 Å². The summed E-state index contributed by atoms with van der Waals surface area (Å²) >= 11 is 0. The molecule has 0 N–H and O–H groups in total. The highest BCUT2D eigenvalue weighted by Crippen LogP contribution is 2.36. The van der Waals surface area contributed by atoms with Crippen LogP contribution in [-0.2, 0) is 19.5 Å². The Morgan fingerprint density at radius 1 is 1.05 bits per heavy atom. The lowest BCUT2D eigenvalue weighted by molar-refractivity contribution is 0.0175.